The zero-order valence-corrected chi connectivity index (χ0v) is 18.2. The molecule has 2 aromatic rings. The smallest absolute Gasteiger partial charge is 0.340 e. The molecule has 0 atom stereocenters. The Labute approximate surface area is 172 Å². The Balaban J connectivity index is 2.16. The topological polar surface area (TPSA) is 51.5 Å². The number of allylic oxidation sites excluding steroid dienone is 1. The number of likely N-dealkylation sites (N-methyl/N-ethyl adjacent to an activating group) is 1. The second-order valence-corrected chi connectivity index (χ2v) is 7.57. The molecule has 0 saturated heterocycles. The molecule has 1 aromatic heterocycles. The van der Waals surface area contributed by atoms with E-state index in [1.54, 1.807) is 11.8 Å². The Kier molecular flexibility index (Phi) is 5.51. The van der Waals surface area contributed by atoms with E-state index in [0.717, 1.165) is 22.6 Å². The van der Waals surface area contributed by atoms with Gasteiger partial charge in [-0.25, -0.2) is 4.79 Å². The van der Waals surface area contributed by atoms with Crippen molar-refractivity contribution in [3.05, 3.63) is 69.2 Å². The van der Waals surface area contributed by atoms with Gasteiger partial charge in [0.15, 0.2) is 0 Å². The monoisotopic (exact) mass is 392 g/mol. The van der Waals surface area contributed by atoms with E-state index in [9.17, 15) is 9.59 Å². The lowest BCUT2D eigenvalue weighted by molar-refractivity contribution is -0.136. The summed E-state index contributed by atoms with van der Waals surface area (Å²) in [6.45, 7) is 12.4. The Morgan fingerprint density at radius 2 is 1.66 bits per heavy atom. The van der Waals surface area contributed by atoms with Crippen LogP contribution in [0.25, 0.3) is 11.8 Å². The minimum absolute atomic E-state index is 0.165. The van der Waals surface area contributed by atoms with Crippen LogP contribution in [0.5, 0.6) is 0 Å². The van der Waals surface area contributed by atoms with Crippen LogP contribution in [-0.2, 0) is 14.3 Å². The Bertz CT molecular complexity index is 1050. The number of ether oxygens (including phenoxy) is 1. The van der Waals surface area contributed by atoms with Crippen molar-refractivity contribution in [2.24, 2.45) is 0 Å². The molecule has 0 bridgehead atoms. The average molecular weight is 392 g/mol. The van der Waals surface area contributed by atoms with Gasteiger partial charge in [-0.1, -0.05) is 6.07 Å². The van der Waals surface area contributed by atoms with Gasteiger partial charge in [0, 0.05) is 29.3 Å². The minimum Gasteiger partial charge on any atom is -0.465 e. The largest absolute Gasteiger partial charge is 0.465 e. The van der Waals surface area contributed by atoms with Crippen molar-refractivity contribution in [1.29, 1.82) is 0 Å². The van der Waals surface area contributed by atoms with Crippen molar-refractivity contribution in [3.63, 3.8) is 0 Å². The molecular formula is C24H28N2O3. The summed E-state index contributed by atoms with van der Waals surface area (Å²) in [5, 5.41) is 0. The Morgan fingerprint density at radius 3 is 2.21 bits per heavy atom. The second kappa shape index (κ2) is 7.74. The number of methoxy groups -OCH3 is 1. The molecular weight excluding hydrogens is 364 g/mol. The summed E-state index contributed by atoms with van der Waals surface area (Å²) in [5.74, 6) is -0.650. The van der Waals surface area contributed by atoms with Crippen LogP contribution in [-0.4, -0.2) is 35.0 Å². The van der Waals surface area contributed by atoms with E-state index in [-0.39, 0.29) is 5.91 Å². The maximum absolute atomic E-state index is 12.9. The lowest BCUT2D eigenvalue weighted by Crippen LogP contribution is -2.24. The maximum atomic E-state index is 12.9. The van der Waals surface area contributed by atoms with Gasteiger partial charge in [0.2, 0.25) is 0 Å². The van der Waals surface area contributed by atoms with Gasteiger partial charge >= 0.3 is 5.97 Å². The van der Waals surface area contributed by atoms with Crippen molar-refractivity contribution in [3.8, 4) is 5.69 Å². The summed E-state index contributed by atoms with van der Waals surface area (Å²) in [4.78, 5) is 26.9. The first kappa shape index (κ1) is 20.6. The summed E-state index contributed by atoms with van der Waals surface area (Å²) < 4.78 is 7.13. The van der Waals surface area contributed by atoms with Crippen LogP contribution in [0.4, 0.5) is 0 Å². The molecule has 0 radical (unpaired) electrons. The van der Waals surface area contributed by atoms with Crippen molar-refractivity contribution in [1.82, 2.24) is 9.47 Å². The summed E-state index contributed by atoms with van der Waals surface area (Å²) in [6, 6.07) is 8.49. The SMILES string of the molecule is CCN1C(=O)/C(=C/c2cc(C)n(-c3cc(C)cc(C)c3)c2C)C(C(=O)OC)=C1C. The molecule has 1 aliphatic rings. The number of rotatable bonds is 4. The fourth-order valence-electron chi connectivity index (χ4n) is 4.18. The van der Waals surface area contributed by atoms with Gasteiger partial charge in [-0.3, -0.25) is 4.79 Å². The number of esters is 1. The molecule has 1 amide bonds. The molecule has 5 heteroatoms. The number of amides is 1. The van der Waals surface area contributed by atoms with Gasteiger partial charge in [0.1, 0.15) is 0 Å². The molecule has 5 nitrogen and oxygen atoms in total. The number of hydrogen-bond donors (Lipinski definition) is 0. The molecule has 3 rings (SSSR count). The van der Waals surface area contributed by atoms with Crippen LogP contribution in [0, 0.1) is 27.7 Å². The highest BCUT2D eigenvalue weighted by molar-refractivity contribution is 6.16. The summed E-state index contributed by atoms with van der Waals surface area (Å²) >= 11 is 0. The first-order valence-electron chi connectivity index (χ1n) is 9.80. The standard InChI is InChI=1S/C24H28N2O3/c1-8-25-18(6)22(24(28)29-7)21(23(25)27)13-19-12-16(4)26(17(19)5)20-10-14(2)9-15(3)11-20/h9-13H,8H2,1-7H3/b21-13+. The van der Waals surface area contributed by atoms with Gasteiger partial charge in [-0.2, -0.15) is 0 Å². The Morgan fingerprint density at radius 1 is 1.03 bits per heavy atom. The number of hydrogen-bond acceptors (Lipinski definition) is 3. The van der Waals surface area contributed by atoms with Crippen LogP contribution in [0.2, 0.25) is 0 Å². The molecule has 29 heavy (non-hydrogen) atoms. The molecule has 0 aliphatic carbocycles. The summed E-state index contributed by atoms with van der Waals surface area (Å²) in [6.07, 6.45) is 1.81. The summed E-state index contributed by atoms with van der Waals surface area (Å²) in [5.41, 5.74) is 7.85. The van der Waals surface area contributed by atoms with Crippen molar-refractivity contribution in [2.75, 3.05) is 13.7 Å². The highest BCUT2D eigenvalue weighted by atomic mass is 16.5. The van der Waals surface area contributed by atoms with E-state index < -0.39 is 5.97 Å². The van der Waals surface area contributed by atoms with Gasteiger partial charge in [-0.15, -0.1) is 0 Å². The fourth-order valence-corrected chi connectivity index (χ4v) is 4.18. The van der Waals surface area contributed by atoms with Gasteiger partial charge in [-0.05, 0) is 82.5 Å². The van der Waals surface area contributed by atoms with E-state index >= 15 is 0 Å². The molecule has 1 aromatic carbocycles. The first-order chi connectivity index (χ1) is 13.7. The second-order valence-electron chi connectivity index (χ2n) is 7.57. The zero-order valence-electron chi connectivity index (χ0n) is 18.2. The molecule has 152 valence electrons. The number of carbonyl (C=O) groups is 2. The van der Waals surface area contributed by atoms with Crippen LogP contribution in [0.3, 0.4) is 0 Å². The molecule has 0 fully saturated rings. The van der Waals surface area contributed by atoms with Gasteiger partial charge < -0.3 is 14.2 Å². The van der Waals surface area contributed by atoms with Crippen LogP contribution < -0.4 is 0 Å². The molecule has 0 saturated carbocycles. The molecule has 1 aliphatic heterocycles. The highest BCUT2D eigenvalue weighted by Gasteiger charge is 2.36. The number of carbonyl (C=O) groups excluding carboxylic acids is 2. The predicted octanol–water partition coefficient (Wildman–Crippen LogP) is 4.40. The quantitative estimate of drug-likeness (QED) is 0.572. The van der Waals surface area contributed by atoms with E-state index in [2.05, 4.69) is 36.6 Å². The maximum Gasteiger partial charge on any atom is 0.340 e. The normalized spacial score (nSPS) is 15.6. The van der Waals surface area contributed by atoms with Crippen LogP contribution in [0.1, 0.15) is 41.9 Å². The molecule has 0 N–H and O–H groups in total. The van der Waals surface area contributed by atoms with E-state index in [1.807, 2.05) is 32.9 Å². The van der Waals surface area contributed by atoms with E-state index in [0.29, 0.717) is 23.4 Å². The summed E-state index contributed by atoms with van der Waals surface area (Å²) in [7, 11) is 1.34. The third kappa shape index (κ3) is 3.53. The van der Waals surface area contributed by atoms with Gasteiger partial charge in [0.05, 0.1) is 18.3 Å². The number of aromatic nitrogens is 1. The fraction of sp³-hybridized carbons (Fsp3) is 0.333. The minimum atomic E-state index is -0.485. The van der Waals surface area contributed by atoms with E-state index in [4.69, 9.17) is 4.74 Å². The van der Waals surface area contributed by atoms with E-state index in [1.165, 1.54) is 18.2 Å². The lowest BCUT2D eigenvalue weighted by atomic mass is 10.0. The lowest BCUT2D eigenvalue weighted by Gasteiger charge is -2.14. The molecule has 2 heterocycles. The predicted molar refractivity (Wildman–Crippen MR) is 115 cm³/mol. The third-order valence-electron chi connectivity index (χ3n) is 5.45. The highest BCUT2D eigenvalue weighted by Crippen LogP contribution is 2.33. The number of nitrogens with zero attached hydrogens (tertiary/aromatic N) is 2. The molecule has 0 spiro atoms. The average Bonchev–Trinajstić information content (AvgIpc) is 3.06. The number of aryl methyl sites for hydroxylation is 3. The van der Waals surface area contributed by atoms with Crippen LogP contribution >= 0.6 is 0 Å². The Hall–Kier alpha value is -3.08. The third-order valence-corrected chi connectivity index (χ3v) is 5.45. The van der Waals surface area contributed by atoms with Crippen molar-refractivity contribution in [2.45, 2.75) is 41.5 Å². The van der Waals surface area contributed by atoms with Gasteiger partial charge in [0.25, 0.3) is 5.91 Å². The molecule has 0 unspecified atom stereocenters. The zero-order chi connectivity index (χ0) is 21.5. The first-order valence-corrected chi connectivity index (χ1v) is 9.80. The van der Waals surface area contributed by atoms with Crippen LogP contribution in [0.15, 0.2) is 41.1 Å². The van der Waals surface area contributed by atoms with Crippen molar-refractivity contribution >= 4 is 18.0 Å². The number of benzene rings is 1. The van der Waals surface area contributed by atoms with Crippen molar-refractivity contribution < 1.29 is 14.3 Å².